The van der Waals surface area contributed by atoms with Crippen LogP contribution >= 0.6 is 0 Å². The van der Waals surface area contributed by atoms with E-state index in [0.717, 1.165) is 19.6 Å². The lowest BCUT2D eigenvalue weighted by Gasteiger charge is -2.31. The average Bonchev–Trinajstić information content (AvgIpc) is 3.25. The van der Waals surface area contributed by atoms with E-state index in [2.05, 4.69) is 107 Å². The molecule has 1 saturated heterocycles. The number of benzene rings is 3. The van der Waals surface area contributed by atoms with Gasteiger partial charge in [0.15, 0.2) is 0 Å². The predicted molar refractivity (Wildman–Crippen MR) is 127 cm³/mol. The summed E-state index contributed by atoms with van der Waals surface area (Å²) in [4.78, 5) is 6.04. The van der Waals surface area contributed by atoms with Gasteiger partial charge < -0.3 is 4.98 Å². The minimum absolute atomic E-state index is 0.657. The Morgan fingerprint density at radius 1 is 0.800 bits per heavy atom. The van der Waals surface area contributed by atoms with E-state index < -0.39 is 0 Å². The Bertz CT molecular complexity index is 1080. The van der Waals surface area contributed by atoms with E-state index in [-0.39, 0.29) is 0 Å². The summed E-state index contributed by atoms with van der Waals surface area (Å²) in [5.74, 6) is 0.657. The van der Waals surface area contributed by atoms with Gasteiger partial charge in [0.25, 0.3) is 0 Å². The number of fused-ring (bicyclic) bond motifs is 1. The summed E-state index contributed by atoms with van der Waals surface area (Å²) in [5.41, 5.74) is 6.66. The van der Waals surface area contributed by atoms with E-state index in [1.807, 2.05) is 0 Å². The number of aromatic nitrogens is 1. The quantitative estimate of drug-likeness (QED) is 0.412. The first-order valence-electron chi connectivity index (χ1n) is 11.0. The topological polar surface area (TPSA) is 19.0 Å². The van der Waals surface area contributed by atoms with Crippen LogP contribution in [-0.4, -0.2) is 29.5 Å². The highest BCUT2D eigenvalue weighted by atomic mass is 15.1. The molecule has 0 atom stereocenters. The van der Waals surface area contributed by atoms with Gasteiger partial charge in [-0.25, -0.2) is 0 Å². The van der Waals surface area contributed by atoms with E-state index in [1.165, 1.54) is 46.0 Å². The number of piperidine rings is 1. The third-order valence-corrected chi connectivity index (χ3v) is 6.37. The maximum atomic E-state index is 3.45. The molecule has 0 spiro atoms. The predicted octanol–water partition coefficient (Wildman–Crippen LogP) is 6.48. The van der Waals surface area contributed by atoms with Gasteiger partial charge in [-0.15, -0.1) is 0 Å². The van der Waals surface area contributed by atoms with Crippen LogP contribution in [0, 0.1) is 0 Å². The molecule has 0 bridgehead atoms. The van der Waals surface area contributed by atoms with Crippen LogP contribution in [0.15, 0.2) is 97.2 Å². The molecular formula is C28H28N2. The summed E-state index contributed by atoms with van der Waals surface area (Å²) < 4.78 is 0. The number of hydrogen-bond donors (Lipinski definition) is 1. The molecule has 2 heterocycles. The molecule has 0 amide bonds. The zero-order valence-corrected chi connectivity index (χ0v) is 17.3. The van der Waals surface area contributed by atoms with E-state index in [1.54, 1.807) is 0 Å². The SMILES string of the molecule is C(CN1CCC(c2c[nH]c3ccccc23)CC1)=C(c1ccccc1)c1ccccc1. The minimum atomic E-state index is 0.657. The van der Waals surface area contributed by atoms with Crippen molar-refractivity contribution in [2.24, 2.45) is 0 Å². The molecule has 1 N–H and O–H groups in total. The Morgan fingerprint density at radius 2 is 1.40 bits per heavy atom. The third-order valence-electron chi connectivity index (χ3n) is 6.37. The lowest BCUT2D eigenvalue weighted by atomic mass is 9.89. The summed E-state index contributed by atoms with van der Waals surface area (Å²) in [6.45, 7) is 3.30. The molecular weight excluding hydrogens is 364 g/mol. The molecule has 1 aliphatic rings. The Labute approximate surface area is 178 Å². The van der Waals surface area contributed by atoms with Crippen LogP contribution in [0.1, 0.15) is 35.4 Å². The summed E-state index contributed by atoms with van der Waals surface area (Å²) in [6.07, 6.45) is 7.09. The van der Waals surface area contributed by atoms with Crippen LogP contribution in [-0.2, 0) is 0 Å². The van der Waals surface area contributed by atoms with Crippen molar-refractivity contribution in [2.45, 2.75) is 18.8 Å². The number of para-hydroxylation sites is 1. The molecule has 1 aromatic heterocycles. The number of aromatic amines is 1. The monoisotopic (exact) mass is 392 g/mol. The number of hydrogen-bond acceptors (Lipinski definition) is 1. The van der Waals surface area contributed by atoms with E-state index in [4.69, 9.17) is 0 Å². The second-order valence-electron chi connectivity index (χ2n) is 8.21. The molecule has 0 unspecified atom stereocenters. The molecule has 30 heavy (non-hydrogen) atoms. The molecule has 2 heteroatoms. The normalized spacial score (nSPS) is 15.3. The molecule has 4 aromatic rings. The van der Waals surface area contributed by atoms with Crippen molar-refractivity contribution in [3.05, 3.63) is 114 Å². The Morgan fingerprint density at radius 3 is 2.07 bits per heavy atom. The average molecular weight is 393 g/mol. The maximum absolute atomic E-state index is 3.45. The Hall–Kier alpha value is -3.10. The minimum Gasteiger partial charge on any atom is -0.361 e. The first kappa shape index (κ1) is 18.9. The van der Waals surface area contributed by atoms with Crippen LogP contribution in [0.25, 0.3) is 16.5 Å². The van der Waals surface area contributed by atoms with Crippen molar-refractivity contribution in [2.75, 3.05) is 19.6 Å². The van der Waals surface area contributed by atoms with Crippen LogP contribution in [0.2, 0.25) is 0 Å². The molecule has 150 valence electrons. The fourth-order valence-corrected chi connectivity index (χ4v) is 4.72. The maximum Gasteiger partial charge on any atom is 0.0456 e. The van der Waals surface area contributed by atoms with Crippen molar-refractivity contribution in [1.29, 1.82) is 0 Å². The van der Waals surface area contributed by atoms with E-state index >= 15 is 0 Å². The van der Waals surface area contributed by atoms with Gasteiger partial charge in [0.1, 0.15) is 0 Å². The standard InChI is InChI=1S/C28H28N2/c1-3-9-22(10-4-1)25(23-11-5-2-6-12-23)17-20-30-18-15-24(16-19-30)27-21-29-28-14-8-7-13-26(27)28/h1-14,17,21,24,29H,15-16,18-20H2. The number of H-pyrrole nitrogens is 1. The fraction of sp³-hybridized carbons (Fsp3) is 0.214. The van der Waals surface area contributed by atoms with Crippen LogP contribution in [0.5, 0.6) is 0 Å². The van der Waals surface area contributed by atoms with E-state index in [9.17, 15) is 0 Å². The van der Waals surface area contributed by atoms with Crippen molar-refractivity contribution in [3.63, 3.8) is 0 Å². The summed E-state index contributed by atoms with van der Waals surface area (Å²) in [5, 5.41) is 1.39. The molecule has 1 fully saturated rings. The van der Waals surface area contributed by atoms with Gasteiger partial charge in [0.05, 0.1) is 0 Å². The van der Waals surface area contributed by atoms with Crippen molar-refractivity contribution in [1.82, 2.24) is 9.88 Å². The lowest BCUT2D eigenvalue weighted by molar-refractivity contribution is 0.233. The number of likely N-dealkylation sites (tertiary alicyclic amines) is 1. The van der Waals surface area contributed by atoms with Crippen LogP contribution in [0.3, 0.4) is 0 Å². The first-order valence-corrected chi connectivity index (χ1v) is 11.0. The summed E-state index contributed by atoms with van der Waals surface area (Å²) in [7, 11) is 0. The highest BCUT2D eigenvalue weighted by Crippen LogP contribution is 2.33. The zero-order valence-electron chi connectivity index (χ0n) is 17.3. The van der Waals surface area contributed by atoms with Gasteiger partial charge in [0.2, 0.25) is 0 Å². The molecule has 1 aliphatic heterocycles. The molecule has 0 radical (unpaired) electrons. The highest BCUT2D eigenvalue weighted by Gasteiger charge is 2.22. The number of nitrogens with one attached hydrogen (secondary N) is 1. The van der Waals surface area contributed by atoms with Gasteiger partial charge in [0, 0.05) is 23.6 Å². The number of nitrogens with zero attached hydrogens (tertiary/aromatic N) is 1. The Kier molecular flexibility index (Phi) is 5.50. The summed E-state index contributed by atoms with van der Waals surface area (Å²) in [6, 6.07) is 30.2. The smallest absolute Gasteiger partial charge is 0.0456 e. The van der Waals surface area contributed by atoms with Crippen LogP contribution in [0.4, 0.5) is 0 Å². The largest absolute Gasteiger partial charge is 0.361 e. The van der Waals surface area contributed by atoms with Crippen molar-refractivity contribution >= 4 is 16.5 Å². The second kappa shape index (κ2) is 8.73. The zero-order chi connectivity index (χ0) is 20.2. The number of rotatable bonds is 5. The van der Waals surface area contributed by atoms with Crippen molar-refractivity contribution in [3.8, 4) is 0 Å². The van der Waals surface area contributed by atoms with Gasteiger partial charge in [-0.2, -0.15) is 0 Å². The lowest BCUT2D eigenvalue weighted by Crippen LogP contribution is -2.33. The molecule has 0 saturated carbocycles. The summed E-state index contributed by atoms with van der Waals surface area (Å²) >= 11 is 0. The van der Waals surface area contributed by atoms with Gasteiger partial charge in [-0.05, 0) is 60.2 Å². The van der Waals surface area contributed by atoms with Gasteiger partial charge in [-0.3, -0.25) is 4.90 Å². The van der Waals surface area contributed by atoms with E-state index in [0.29, 0.717) is 5.92 Å². The highest BCUT2D eigenvalue weighted by molar-refractivity contribution is 5.83. The van der Waals surface area contributed by atoms with Crippen LogP contribution < -0.4 is 0 Å². The molecule has 5 rings (SSSR count). The molecule has 2 nitrogen and oxygen atoms in total. The fourth-order valence-electron chi connectivity index (χ4n) is 4.72. The third kappa shape index (κ3) is 3.96. The molecule has 0 aliphatic carbocycles. The first-order chi connectivity index (χ1) is 14.9. The van der Waals surface area contributed by atoms with Gasteiger partial charge >= 0.3 is 0 Å². The Balaban J connectivity index is 1.30. The molecule has 3 aromatic carbocycles. The van der Waals surface area contributed by atoms with Gasteiger partial charge in [-0.1, -0.05) is 84.9 Å². The van der Waals surface area contributed by atoms with Crippen molar-refractivity contribution < 1.29 is 0 Å². The second-order valence-corrected chi connectivity index (χ2v) is 8.21.